The topological polar surface area (TPSA) is 96.6 Å². The molecule has 0 saturated carbocycles. The number of carbonyl (C=O) groups excluding carboxylic acids is 1. The van der Waals surface area contributed by atoms with Crippen LogP contribution >= 0.6 is 11.6 Å². The third-order valence-electron chi connectivity index (χ3n) is 3.56. The van der Waals surface area contributed by atoms with Crippen LogP contribution in [0.3, 0.4) is 0 Å². The second-order valence-corrected chi connectivity index (χ2v) is 5.80. The van der Waals surface area contributed by atoms with Crippen molar-refractivity contribution in [2.75, 3.05) is 5.32 Å². The standard InChI is InChI=1S/C19H12ClNO5/c20-12-3-5-13(6-4-12)21-19(25)15-10-26-16-7-1-11(2-8-17(22)23)9-14(16)18(15)24/h1-10H,(H,21,25)(H,22,23)/b8-2+. The van der Waals surface area contributed by atoms with Gasteiger partial charge < -0.3 is 14.8 Å². The number of aliphatic carboxylic acids is 1. The number of amides is 1. The molecule has 130 valence electrons. The summed E-state index contributed by atoms with van der Waals surface area (Å²) in [6.45, 7) is 0. The highest BCUT2D eigenvalue weighted by molar-refractivity contribution is 6.30. The zero-order chi connectivity index (χ0) is 18.7. The highest BCUT2D eigenvalue weighted by Crippen LogP contribution is 2.17. The summed E-state index contributed by atoms with van der Waals surface area (Å²) in [5, 5.41) is 12.0. The molecule has 3 aromatic rings. The van der Waals surface area contributed by atoms with E-state index in [1.54, 1.807) is 36.4 Å². The summed E-state index contributed by atoms with van der Waals surface area (Å²) in [5.41, 5.74) is 0.611. The summed E-state index contributed by atoms with van der Waals surface area (Å²) in [6.07, 6.45) is 3.41. The van der Waals surface area contributed by atoms with E-state index in [-0.39, 0.29) is 10.9 Å². The first-order valence-corrected chi connectivity index (χ1v) is 7.85. The quantitative estimate of drug-likeness (QED) is 0.682. The molecule has 0 aliphatic rings. The van der Waals surface area contributed by atoms with Crippen molar-refractivity contribution in [1.82, 2.24) is 0 Å². The molecule has 0 bridgehead atoms. The summed E-state index contributed by atoms with van der Waals surface area (Å²) in [7, 11) is 0. The number of hydrogen-bond donors (Lipinski definition) is 2. The molecule has 1 heterocycles. The Hall–Kier alpha value is -3.38. The lowest BCUT2D eigenvalue weighted by Crippen LogP contribution is -2.21. The fraction of sp³-hybridized carbons (Fsp3) is 0. The maximum absolute atomic E-state index is 12.6. The van der Waals surface area contributed by atoms with Gasteiger partial charge in [0, 0.05) is 16.8 Å². The molecular formula is C19H12ClNO5. The molecule has 1 amide bonds. The maximum Gasteiger partial charge on any atom is 0.328 e. The Morgan fingerprint density at radius 1 is 1.12 bits per heavy atom. The van der Waals surface area contributed by atoms with Gasteiger partial charge in [0.15, 0.2) is 0 Å². The molecule has 2 aromatic carbocycles. The third kappa shape index (κ3) is 3.81. The number of rotatable bonds is 4. The van der Waals surface area contributed by atoms with E-state index in [1.165, 1.54) is 12.1 Å². The van der Waals surface area contributed by atoms with E-state index >= 15 is 0 Å². The Labute approximate surface area is 152 Å². The van der Waals surface area contributed by atoms with Crippen LogP contribution in [0.1, 0.15) is 15.9 Å². The molecule has 0 aliphatic carbocycles. The van der Waals surface area contributed by atoms with Gasteiger partial charge in [-0.25, -0.2) is 4.79 Å². The lowest BCUT2D eigenvalue weighted by molar-refractivity contribution is -0.131. The molecule has 0 fully saturated rings. The van der Waals surface area contributed by atoms with Crippen molar-refractivity contribution in [1.29, 1.82) is 0 Å². The molecule has 0 aliphatic heterocycles. The summed E-state index contributed by atoms with van der Waals surface area (Å²) in [5.74, 6) is -1.72. The van der Waals surface area contributed by atoms with Gasteiger partial charge in [-0.2, -0.15) is 0 Å². The van der Waals surface area contributed by atoms with Gasteiger partial charge >= 0.3 is 5.97 Å². The first-order valence-electron chi connectivity index (χ1n) is 7.47. The Morgan fingerprint density at radius 2 is 1.85 bits per heavy atom. The smallest absolute Gasteiger partial charge is 0.328 e. The van der Waals surface area contributed by atoms with Gasteiger partial charge in [0.05, 0.1) is 5.39 Å². The first kappa shape index (κ1) is 17.4. The van der Waals surface area contributed by atoms with E-state index in [2.05, 4.69) is 5.32 Å². The number of nitrogens with one attached hydrogen (secondary N) is 1. The Bertz CT molecular complexity index is 1080. The van der Waals surface area contributed by atoms with Gasteiger partial charge in [-0.15, -0.1) is 0 Å². The van der Waals surface area contributed by atoms with Gasteiger partial charge in [0.25, 0.3) is 5.91 Å². The number of carboxylic acids is 1. The lowest BCUT2D eigenvalue weighted by Gasteiger charge is -2.06. The Kier molecular flexibility index (Phi) is 4.86. The first-order chi connectivity index (χ1) is 12.4. The van der Waals surface area contributed by atoms with E-state index in [0.717, 1.165) is 12.3 Å². The van der Waals surface area contributed by atoms with Crippen molar-refractivity contribution in [2.45, 2.75) is 0 Å². The molecular weight excluding hydrogens is 358 g/mol. The van der Waals surface area contributed by atoms with Crippen LogP contribution in [0.2, 0.25) is 5.02 Å². The number of anilines is 1. The molecule has 0 radical (unpaired) electrons. The minimum Gasteiger partial charge on any atom is -0.478 e. The predicted octanol–water partition coefficient (Wildman–Crippen LogP) is 3.80. The maximum atomic E-state index is 12.6. The highest BCUT2D eigenvalue weighted by Gasteiger charge is 2.15. The zero-order valence-corrected chi connectivity index (χ0v) is 14.0. The molecule has 3 rings (SSSR count). The number of fused-ring (bicyclic) bond motifs is 1. The predicted molar refractivity (Wildman–Crippen MR) is 98.6 cm³/mol. The summed E-state index contributed by atoms with van der Waals surface area (Å²) >= 11 is 5.80. The van der Waals surface area contributed by atoms with Crippen LogP contribution in [0, 0.1) is 0 Å². The number of carbonyl (C=O) groups is 2. The van der Waals surface area contributed by atoms with Crippen LogP contribution in [0.4, 0.5) is 5.69 Å². The molecule has 0 unspecified atom stereocenters. The molecule has 7 heteroatoms. The van der Waals surface area contributed by atoms with Crippen LogP contribution in [0.15, 0.2) is 64.0 Å². The van der Waals surface area contributed by atoms with E-state index < -0.39 is 17.3 Å². The SMILES string of the molecule is O=C(O)/C=C/c1ccc2occ(C(=O)Nc3ccc(Cl)cc3)c(=O)c2c1. The van der Waals surface area contributed by atoms with E-state index in [0.29, 0.717) is 21.9 Å². The highest BCUT2D eigenvalue weighted by atomic mass is 35.5. The van der Waals surface area contributed by atoms with E-state index in [9.17, 15) is 14.4 Å². The van der Waals surface area contributed by atoms with Gasteiger partial charge in [0.1, 0.15) is 17.4 Å². The number of hydrogen-bond acceptors (Lipinski definition) is 4. The Morgan fingerprint density at radius 3 is 2.54 bits per heavy atom. The largest absolute Gasteiger partial charge is 0.478 e. The summed E-state index contributed by atoms with van der Waals surface area (Å²) in [4.78, 5) is 35.6. The van der Waals surface area contributed by atoms with Crippen molar-refractivity contribution in [3.8, 4) is 0 Å². The number of carboxylic acid groups (broad SMARTS) is 1. The molecule has 6 nitrogen and oxygen atoms in total. The van der Waals surface area contributed by atoms with Crippen molar-refractivity contribution in [2.24, 2.45) is 0 Å². The second kappa shape index (κ2) is 7.25. The number of benzene rings is 2. The van der Waals surface area contributed by atoms with Crippen LogP contribution in [-0.2, 0) is 4.79 Å². The van der Waals surface area contributed by atoms with Gasteiger partial charge in [-0.3, -0.25) is 9.59 Å². The minimum atomic E-state index is -1.10. The van der Waals surface area contributed by atoms with Crippen LogP contribution < -0.4 is 10.7 Å². The average molecular weight is 370 g/mol. The fourth-order valence-corrected chi connectivity index (χ4v) is 2.43. The fourth-order valence-electron chi connectivity index (χ4n) is 2.31. The Balaban J connectivity index is 1.96. The van der Waals surface area contributed by atoms with Crippen molar-refractivity contribution in [3.05, 3.63) is 81.2 Å². The molecule has 2 N–H and O–H groups in total. The van der Waals surface area contributed by atoms with Crippen molar-refractivity contribution in [3.63, 3.8) is 0 Å². The second-order valence-electron chi connectivity index (χ2n) is 5.37. The molecule has 26 heavy (non-hydrogen) atoms. The number of halogens is 1. The van der Waals surface area contributed by atoms with Gasteiger partial charge in [-0.05, 0) is 48.0 Å². The van der Waals surface area contributed by atoms with E-state index in [4.69, 9.17) is 21.1 Å². The molecule has 0 atom stereocenters. The van der Waals surface area contributed by atoms with Crippen LogP contribution in [0.5, 0.6) is 0 Å². The molecule has 1 aromatic heterocycles. The monoisotopic (exact) mass is 369 g/mol. The molecule has 0 spiro atoms. The average Bonchev–Trinajstić information content (AvgIpc) is 2.62. The van der Waals surface area contributed by atoms with Gasteiger partial charge in [-0.1, -0.05) is 17.7 Å². The lowest BCUT2D eigenvalue weighted by atomic mass is 10.1. The van der Waals surface area contributed by atoms with Crippen LogP contribution in [-0.4, -0.2) is 17.0 Å². The van der Waals surface area contributed by atoms with Gasteiger partial charge in [0.2, 0.25) is 5.43 Å². The third-order valence-corrected chi connectivity index (χ3v) is 3.81. The minimum absolute atomic E-state index is 0.160. The van der Waals surface area contributed by atoms with Crippen molar-refractivity contribution >= 4 is 46.2 Å². The summed E-state index contributed by atoms with van der Waals surface area (Å²) in [6, 6.07) is 11.1. The normalized spacial score (nSPS) is 11.0. The van der Waals surface area contributed by atoms with Crippen molar-refractivity contribution < 1.29 is 19.1 Å². The van der Waals surface area contributed by atoms with E-state index in [1.807, 2.05) is 0 Å². The molecule has 0 saturated heterocycles. The zero-order valence-electron chi connectivity index (χ0n) is 13.2. The summed E-state index contributed by atoms with van der Waals surface area (Å²) < 4.78 is 5.36. The van der Waals surface area contributed by atoms with Crippen LogP contribution in [0.25, 0.3) is 17.0 Å².